The number of amides is 4. The zero-order valence-electron chi connectivity index (χ0n) is 10.7. The second kappa shape index (κ2) is 4.46. The van der Waals surface area contributed by atoms with E-state index in [4.69, 9.17) is 11.6 Å². The molecule has 0 aromatic carbocycles. The lowest BCUT2D eigenvalue weighted by atomic mass is 10.00. The molecule has 2 N–H and O–H groups in total. The summed E-state index contributed by atoms with van der Waals surface area (Å²) in [6.07, 6.45) is 0.415. The fourth-order valence-electron chi connectivity index (χ4n) is 2.52. The molecule has 2 saturated heterocycles. The summed E-state index contributed by atoms with van der Waals surface area (Å²) >= 11 is 7.39. The summed E-state index contributed by atoms with van der Waals surface area (Å²) in [7, 11) is 0. The molecule has 8 heteroatoms. The van der Waals surface area contributed by atoms with E-state index in [0.29, 0.717) is 22.9 Å². The Morgan fingerprint density at radius 3 is 2.80 bits per heavy atom. The van der Waals surface area contributed by atoms with E-state index in [-0.39, 0.29) is 18.4 Å². The highest BCUT2D eigenvalue weighted by Crippen LogP contribution is 2.31. The van der Waals surface area contributed by atoms with Gasteiger partial charge < -0.3 is 10.2 Å². The molecule has 0 aliphatic carbocycles. The van der Waals surface area contributed by atoms with E-state index >= 15 is 0 Å². The van der Waals surface area contributed by atoms with Gasteiger partial charge in [-0.15, -0.1) is 11.3 Å². The Bertz CT molecular complexity index is 629. The minimum absolute atomic E-state index is 0.177. The second-order valence-corrected chi connectivity index (χ2v) is 6.29. The molecule has 6 nitrogen and oxygen atoms in total. The maximum absolute atomic E-state index is 12.4. The number of hydrogen-bond acceptors (Lipinski definition) is 4. The van der Waals surface area contributed by atoms with Crippen molar-refractivity contribution in [2.45, 2.75) is 18.9 Å². The maximum atomic E-state index is 12.4. The Balaban J connectivity index is 1.81. The van der Waals surface area contributed by atoms with E-state index in [1.54, 1.807) is 4.90 Å². The van der Waals surface area contributed by atoms with Crippen molar-refractivity contribution in [3.8, 4) is 0 Å². The van der Waals surface area contributed by atoms with E-state index in [1.807, 2.05) is 12.3 Å². The van der Waals surface area contributed by atoms with Gasteiger partial charge in [-0.2, -0.15) is 0 Å². The molecule has 0 radical (unpaired) electrons. The molecule has 2 fully saturated rings. The molecule has 0 bridgehead atoms. The topological polar surface area (TPSA) is 78.5 Å². The third-order valence-electron chi connectivity index (χ3n) is 3.66. The smallest absolute Gasteiger partial charge is 0.322 e. The largest absolute Gasteiger partial charge is 0.335 e. The molecule has 3 rings (SSSR count). The van der Waals surface area contributed by atoms with Crippen LogP contribution in [0.1, 0.15) is 21.7 Å². The van der Waals surface area contributed by atoms with Gasteiger partial charge in [0.15, 0.2) is 0 Å². The molecular weight excluding hydrogens is 302 g/mol. The Morgan fingerprint density at radius 2 is 2.25 bits per heavy atom. The van der Waals surface area contributed by atoms with Crippen LogP contribution in [-0.4, -0.2) is 41.4 Å². The van der Waals surface area contributed by atoms with Crippen LogP contribution >= 0.6 is 22.9 Å². The van der Waals surface area contributed by atoms with Crippen molar-refractivity contribution in [2.24, 2.45) is 0 Å². The molecule has 0 saturated carbocycles. The van der Waals surface area contributed by atoms with E-state index < -0.39 is 11.6 Å². The number of halogens is 1. The average molecular weight is 314 g/mol. The Labute approximate surface area is 124 Å². The summed E-state index contributed by atoms with van der Waals surface area (Å²) in [6.45, 7) is 2.43. The molecule has 2 aliphatic rings. The predicted molar refractivity (Wildman–Crippen MR) is 74.0 cm³/mol. The van der Waals surface area contributed by atoms with Gasteiger partial charge in [-0.3, -0.25) is 14.9 Å². The first-order valence-corrected chi connectivity index (χ1v) is 7.35. The van der Waals surface area contributed by atoms with E-state index in [0.717, 1.165) is 5.56 Å². The predicted octanol–water partition coefficient (Wildman–Crippen LogP) is 1.13. The van der Waals surface area contributed by atoms with Crippen molar-refractivity contribution in [3.63, 3.8) is 0 Å². The third-order valence-corrected chi connectivity index (χ3v) is 5.35. The summed E-state index contributed by atoms with van der Waals surface area (Å²) in [5.41, 5.74) is -0.119. The van der Waals surface area contributed by atoms with Crippen LogP contribution in [0.15, 0.2) is 5.38 Å². The maximum Gasteiger partial charge on any atom is 0.322 e. The number of thiophene rings is 1. The normalized spacial score (nSPS) is 25.2. The minimum Gasteiger partial charge on any atom is -0.335 e. The lowest BCUT2D eigenvalue weighted by Gasteiger charge is -2.20. The molecule has 2 aliphatic heterocycles. The van der Waals surface area contributed by atoms with Crippen molar-refractivity contribution < 1.29 is 14.4 Å². The van der Waals surface area contributed by atoms with E-state index in [1.165, 1.54) is 11.3 Å². The first-order valence-electron chi connectivity index (χ1n) is 6.09. The molecule has 4 amide bonds. The molecular formula is C12H12ClN3O3S. The molecule has 1 aromatic heterocycles. The van der Waals surface area contributed by atoms with Gasteiger partial charge in [-0.25, -0.2) is 4.79 Å². The van der Waals surface area contributed by atoms with E-state index in [9.17, 15) is 14.4 Å². The summed E-state index contributed by atoms with van der Waals surface area (Å²) in [5.74, 6) is -0.565. The summed E-state index contributed by atoms with van der Waals surface area (Å²) in [5, 5.41) is 7.11. The molecule has 3 heterocycles. The molecule has 20 heavy (non-hydrogen) atoms. The van der Waals surface area contributed by atoms with Crippen LogP contribution < -0.4 is 10.6 Å². The number of carbonyl (C=O) groups excluding carboxylic acids is 3. The van der Waals surface area contributed by atoms with Crippen molar-refractivity contribution in [1.29, 1.82) is 0 Å². The van der Waals surface area contributed by atoms with Crippen molar-refractivity contribution in [1.82, 2.24) is 15.5 Å². The number of aryl methyl sites for hydroxylation is 1. The molecule has 106 valence electrons. The number of urea groups is 1. The van der Waals surface area contributed by atoms with Crippen LogP contribution in [-0.2, 0) is 4.79 Å². The monoisotopic (exact) mass is 313 g/mol. The summed E-state index contributed by atoms with van der Waals surface area (Å²) < 4.78 is 0. The van der Waals surface area contributed by atoms with Crippen LogP contribution in [0.2, 0.25) is 5.02 Å². The van der Waals surface area contributed by atoms with Gasteiger partial charge in [0.25, 0.3) is 11.8 Å². The number of carbonyl (C=O) groups is 3. The fourth-order valence-corrected chi connectivity index (χ4v) is 3.76. The number of nitrogens with zero attached hydrogens (tertiary/aromatic N) is 1. The molecule has 1 aromatic rings. The molecule has 1 atom stereocenters. The summed E-state index contributed by atoms with van der Waals surface area (Å²) in [4.78, 5) is 37.5. The summed E-state index contributed by atoms with van der Waals surface area (Å²) in [6, 6.07) is -0.505. The number of imide groups is 1. The standard InChI is InChI=1S/C12H12ClN3O3S/c1-6-4-20-8(7(6)13)9(17)16-3-2-12(5-16)10(18)14-11(19)15-12/h4H,2-3,5H2,1H3,(H2,14,15,18,19). The highest BCUT2D eigenvalue weighted by Gasteiger charge is 2.51. The van der Waals surface area contributed by atoms with Gasteiger partial charge >= 0.3 is 6.03 Å². The number of nitrogens with one attached hydrogen (secondary N) is 2. The van der Waals surface area contributed by atoms with Crippen LogP contribution in [0.4, 0.5) is 4.79 Å². The van der Waals surface area contributed by atoms with Crippen molar-refractivity contribution in [2.75, 3.05) is 13.1 Å². The van der Waals surface area contributed by atoms with Gasteiger partial charge in [0.05, 0.1) is 11.6 Å². The van der Waals surface area contributed by atoms with Crippen LogP contribution in [0.5, 0.6) is 0 Å². The Morgan fingerprint density at radius 1 is 1.50 bits per heavy atom. The van der Waals surface area contributed by atoms with Crippen LogP contribution in [0.25, 0.3) is 0 Å². The molecule has 1 spiro atoms. The van der Waals surface area contributed by atoms with E-state index in [2.05, 4.69) is 10.6 Å². The highest BCUT2D eigenvalue weighted by molar-refractivity contribution is 7.13. The number of rotatable bonds is 1. The average Bonchev–Trinajstić information content (AvgIpc) is 3.03. The van der Waals surface area contributed by atoms with Crippen LogP contribution in [0, 0.1) is 6.92 Å². The lowest BCUT2D eigenvalue weighted by molar-refractivity contribution is -0.123. The number of hydrogen-bond donors (Lipinski definition) is 2. The SMILES string of the molecule is Cc1csc(C(=O)N2CCC3(C2)NC(=O)NC3=O)c1Cl. The Kier molecular flexibility index (Phi) is 2.98. The highest BCUT2D eigenvalue weighted by atomic mass is 35.5. The second-order valence-electron chi connectivity index (χ2n) is 5.03. The zero-order valence-corrected chi connectivity index (χ0v) is 12.2. The minimum atomic E-state index is -0.981. The molecule has 1 unspecified atom stereocenters. The van der Waals surface area contributed by atoms with Gasteiger partial charge in [0.1, 0.15) is 10.4 Å². The van der Waals surface area contributed by atoms with Gasteiger partial charge in [-0.05, 0) is 24.3 Å². The van der Waals surface area contributed by atoms with Gasteiger partial charge in [0.2, 0.25) is 0 Å². The number of likely N-dealkylation sites (tertiary alicyclic amines) is 1. The van der Waals surface area contributed by atoms with Gasteiger partial charge in [0, 0.05) is 6.54 Å². The van der Waals surface area contributed by atoms with Crippen molar-refractivity contribution >= 4 is 40.8 Å². The van der Waals surface area contributed by atoms with Crippen molar-refractivity contribution in [3.05, 3.63) is 20.8 Å². The zero-order chi connectivity index (χ0) is 14.5. The lowest BCUT2D eigenvalue weighted by Crippen LogP contribution is -2.49. The fraction of sp³-hybridized carbons (Fsp3) is 0.417. The van der Waals surface area contributed by atoms with Gasteiger partial charge in [-0.1, -0.05) is 11.6 Å². The third kappa shape index (κ3) is 1.89. The quantitative estimate of drug-likeness (QED) is 0.763. The first-order chi connectivity index (χ1) is 9.43. The Hall–Kier alpha value is -1.60. The first kappa shape index (κ1) is 13.4. The van der Waals surface area contributed by atoms with Crippen LogP contribution in [0.3, 0.4) is 0 Å².